The van der Waals surface area contributed by atoms with Crippen molar-refractivity contribution < 1.29 is 24.2 Å². The summed E-state index contributed by atoms with van der Waals surface area (Å²) in [5, 5.41) is 9.70. The van der Waals surface area contributed by atoms with Crippen molar-refractivity contribution in [1.82, 2.24) is 0 Å². The van der Waals surface area contributed by atoms with Crippen LogP contribution in [0.25, 0.3) is 0 Å². The Morgan fingerprint density at radius 1 is 1.21 bits per heavy atom. The largest absolute Gasteiger partial charge is 0.432 e. The zero-order chi connectivity index (χ0) is 24.7. The van der Waals surface area contributed by atoms with E-state index >= 15 is 0 Å². The number of nitrogens with zero attached hydrogens (tertiary/aromatic N) is 2. The Morgan fingerprint density at radius 3 is 2.50 bits per heavy atom. The van der Waals surface area contributed by atoms with Gasteiger partial charge in [-0.1, -0.05) is 31.2 Å². The van der Waals surface area contributed by atoms with E-state index in [0.29, 0.717) is 35.6 Å². The van der Waals surface area contributed by atoms with Crippen molar-refractivity contribution >= 4 is 37.7 Å². The molecular formula is C26H32N2O5Si. The topological polar surface area (TPSA) is 90.3 Å². The quantitative estimate of drug-likeness (QED) is 0.342. The molecule has 0 aromatic heterocycles. The van der Waals surface area contributed by atoms with Gasteiger partial charge in [0, 0.05) is 41.5 Å². The van der Waals surface area contributed by atoms with Gasteiger partial charge in [0.15, 0.2) is 13.9 Å². The number of anilines is 3. The van der Waals surface area contributed by atoms with E-state index < -0.39 is 20.0 Å². The summed E-state index contributed by atoms with van der Waals surface area (Å²) in [7, 11) is -2.76. The number of hydrogen-bond donors (Lipinski definition) is 2. The third kappa shape index (κ3) is 3.71. The molecule has 0 radical (unpaired) electrons. The molecular weight excluding hydrogens is 448 g/mol. The van der Waals surface area contributed by atoms with Crippen molar-refractivity contribution in [1.29, 1.82) is 0 Å². The van der Waals surface area contributed by atoms with Crippen LogP contribution < -0.4 is 9.80 Å². The SMILES string of the molecule is C=CCN1C(=O)[C@]2(O[C@H](CCO)[C@@H]([Si](C)(C)O)[C@@H]2C)c2cc(N(C=O)c3ccccc3)ccc21. The van der Waals surface area contributed by atoms with E-state index in [1.807, 2.05) is 68.5 Å². The third-order valence-corrected chi connectivity index (χ3v) is 9.61. The van der Waals surface area contributed by atoms with Crippen LogP contribution >= 0.6 is 0 Å². The van der Waals surface area contributed by atoms with E-state index in [1.165, 1.54) is 4.90 Å². The summed E-state index contributed by atoms with van der Waals surface area (Å²) in [4.78, 5) is 40.4. The number of carbonyl (C=O) groups is 2. The van der Waals surface area contributed by atoms with Gasteiger partial charge in [0.05, 0.1) is 11.8 Å². The molecule has 0 saturated carbocycles. The number of aliphatic hydroxyl groups is 1. The third-order valence-electron chi connectivity index (χ3n) is 7.11. The minimum absolute atomic E-state index is 0.0984. The summed E-state index contributed by atoms with van der Waals surface area (Å²) in [6, 6.07) is 14.8. The number of para-hydroxylation sites is 1. The van der Waals surface area contributed by atoms with Crippen LogP contribution in [0.5, 0.6) is 0 Å². The van der Waals surface area contributed by atoms with Gasteiger partial charge in [-0.05, 0) is 49.8 Å². The van der Waals surface area contributed by atoms with Gasteiger partial charge in [-0.2, -0.15) is 0 Å². The van der Waals surface area contributed by atoms with Crippen molar-refractivity contribution in [3.63, 3.8) is 0 Å². The second-order valence-corrected chi connectivity index (χ2v) is 13.6. The standard InChI is InChI=1S/C26H32N2O5Si/c1-5-14-27-22-12-11-20(28(17-30)19-9-7-6-8-10-19)16-21(22)26(25(27)31)18(2)24(34(3,4)32)23(33-26)13-15-29/h5-12,16-18,23-24,29,32H,1,13-15H2,2-4H3/t18-,23+,24-,26+/m0/s1. The minimum atomic E-state index is -2.76. The highest BCUT2D eigenvalue weighted by atomic mass is 28.4. The summed E-state index contributed by atoms with van der Waals surface area (Å²) >= 11 is 0. The molecule has 0 bridgehead atoms. The summed E-state index contributed by atoms with van der Waals surface area (Å²) in [5.41, 5.74) is 1.15. The van der Waals surface area contributed by atoms with Gasteiger partial charge < -0.3 is 19.5 Å². The van der Waals surface area contributed by atoms with Gasteiger partial charge in [-0.3, -0.25) is 14.5 Å². The van der Waals surface area contributed by atoms with E-state index in [-0.39, 0.29) is 24.0 Å². The Balaban J connectivity index is 1.89. The zero-order valence-electron chi connectivity index (χ0n) is 19.8. The number of rotatable bonds is 8. The molecule has 2 aliphatic heterocycles. The lowest BCUT2D eigenvalue weighted by Crippen LogP contribution is -2.46. The maximum absolute atomic E-state index is 14.0. The van der Waals surface area contributed by atoms with E-state index in [4.69, 9.17) is 4.74 Å². The monoisotopic (exact) mass is 480 g/mol. The number of fused-ring (bicyclic) bond motifs is 2. The fourth-order valence-corrected chi connectivity index (χ4v) is 8.39. The number of amides is 2. The second-order valence-electron chi connectivity index (χ2n) is 9.59. The van der Waals surface area contributed by atoms with Crippen LogP contribution in [0.3, 0.4) is 0 Å². The highest BCUT2D eigenvalue weighted by Gasteiger charge is 2.66. The summed E-state index contributed by atoms with van der Waals surface area (Å²) < 4.78 is 6.57. The van der Waals surface area contributed by atoms with Crippen molar-refractivity contribution in [2.45, 2.75) is 43.7 Å². The van der Waals surface area contributed by atoms with Gasteiger partial charge in [-0.25, -0.2) is 0 Å². The molecule has 180 valence electrons. The molecule has 1 spiro atoms. The molecule has 2 amide bonds. The molecule has 4 atom stereocenters. The first kappa shape index (κ1) is 24.3. The average molecular weight is 481 g/mol. The van der Waals surface area contributed by atoms with Crippen LogP contribution in [0.1, 0.15) is 18.9 Å². The molecule has 2 N–H and O–H groups in total. The lowest BCUT2D eigenvalue weighted by Gasteiger charge is -2.32. The molecule has 8 heteroatoms. The first-order valence-electron chi connectivity index (χ1n) is 11.6. The first-order chi connectivity index (χ1) is 16.2. The number of aliphatic hydroxyl groups excluding tert-OH is 1. The van der Waals surface area contributed by atoms with Crippen molar-refractivity contribution in [2.24, 2.45) is 5.92 Å². The highest BCUT2D eigenvalue weighted by molar-refractivity contribution is 6.71. The molecule has 2 heterocycles. The van der Waals surface area contributed by atoms with Crippen molar-refractivity contribution in [3.05, 3.63) is 66.7 Å². The predicted molar refractivity (Wildman–Crippen MR) is 135 cm³/mol. The summed E-state index contributed by atoms with van der Waals surface area (Å²) in [5.74, 6) is -0.526. The number of hydrogen-bond acceptors (Lipinski definition) is 5. The number of benzene rings is 2. The molecule has 0 aliphatic carbocycles. The number of carbonyl (C=O) groups excluding carboxylic acids is 2. The Hall–Kier alpha value is -2.78. The molecule has 34 heavy (non-hydrogen) atoms. The molecule has 4 rings (SSSR count). The van der Waals surface area contributed by atoms with Crippen molar-refractivity contribution in [3.8, 4) is 0 Å². The minimum Gasteiger partial charge on any atom is -0.432 e. The second kappa shape index (κ2) is 9.11. The van der Waals surface area contributed by atoms with E-state index in [0.717, 1.165) is 6.41 Å². The lowest BCUT2D eigenvalue weighted by molar-refractivity contribution is -0.146. The van der Waals surface area contributed by atoms with Crippen LogP contribution in [0.4, 0.5) is 17.1 Å². The van der Waals surface area contributed by atoms with Crippen LogP contribution in [0.2, 0.25) is 18.6 Å². The number of ether oxygens (including phenoxy) is 1. The molecule has 2 aromatic carbocycles. The molecule has 2 aromatic rings. The van der Waals surface area contributed by atoms with Gasteiger partial charge in [0.1, 0.15) is 0 Å². The normalized spacial score (nSPS) is 26.1. The van der Waals surface area contributed by atoms with E-state index in [9.17, 15) is 19.5 Å². The van der Waals surface area contributed by atoms with E-state index in [2.05, 4.69) is 6.58 Å². The van der Waals surface area contributed by atoms with Gasteiger partial charge in [0.25, 0.3) is 5.91 Å². The van der Waals surface area contributed by atoms with Crippen LogP contribution in [-0.2, 0) is 19.9 Å². The van der Waals surface area contributed by atoms with Crippen LogP contribution in [0.15, 0.2) is 61.2 Å². The smallest absolute Gasteiger partial charge is 0.264 e. The summed E-state index contributed by atoms with van der Waals surface area (Å²) in [6.45, 7) is 9.67. The Morgan fingerprint density at radius 2 is 1.91 bits per heavy atom. The molecule has 7 nitrogen and oxygen atoms in total. The molecule has 1 fully saturated rings. The van der Waals surface area contributed by atoms with Crippen molar-refractivity contribution in [2.75, 3.05) is 23.0 Å². The Labute approximate surface area is 201 Å². The maximum Gasteiger partial charge on any atom is 0.264 e. The van der Waals surface area contributed by atoms with Gasteiger partial charge in [-0.15, -0.1) is 6.58 Å². The average Bonchev–Trinajstić information content (AvgIpc) is 3.23. The molecule has 1 saturated heterocycles. The molecule has 2 aliphatic rings. The first-order valence-corrected chi connectivity index (χ1v) is 14.6. The maximum atomic E-state index is 14.0. The fraction of sp³-hybridized carbons (Fsp3) is 0.385. The van der Waals surface area contributed by atoms with Gasteiger partial charge >= 0.3 is 0 Å². The van der Waals surface area contributed by atoms with E-state index in [1.54, 1.807) is 11.0 Å². The van der Waals surface area contributed by atoms with Gasteiger partial charge in [0.2, 0.25) is 6.41 Å². The zero-order valence-corrected chi connectivity index (χ0v) is 20.8. The Bertz CT molecular complexity index is 1090. The summed E-state index contributed by atoms with van der Waals surface area (Å²) in [6.07, 6.45) is 2.31. The lowest BCUT2D eigenvalue weighted by atomic mass is 9.82. The van der Waals surface area contributed by atoms with Crippen LogP contribution in [0, 0.1) is 5.92 Å². The fourth-order valence-electron chi connectivity index (χ4n) is 5.78. The van der Waals surface area contributed by atoms with Crippen LogP contribution in [-0.4, -0.2) is 49.8 Å². The highest BCUT2D eigenvalue weighted by Crippen LogP contribution is 2.60. The predicted octanol–water partition coefficient (Wildman–Crippen LogP) is 3.69. The Kier molecular flexibility index (Phi) is 6.52. The molecule has 0 unspecified atom stereocenters.